The Balaban J connectivity index is 3.88. The van der Waals surface area contributed by atoms with E-state index in [1.54, 1.807) is 0 Å². The zero-order chi connectivity index (χ0) is 10.8. The molecule has 0 aromatic rings. The highest BCUT2D eigenvalue weighted by molar-refractivity contribution is 5.05. The fourth-order valence-corrected chi connectivity index (χ4v) is 1.43. The molecule has 0 aromatic carbocycles. The smallest absolute Gasteiger partial charge is 0.0615 e. The Bertz CT molecular complexity index is 189. The van der Waals surface area contributed by atoms with Crippen LogP contribution in [0, 0.1) is 0 Å². The summed E-state index contributed by atoms with van der Waals surface area (Å²) < 4.78 is 0. The number of aliphatic hydroxyl groups excluding tert-OH is 1. The Hall–Kier alpha value is -0.560. The van der Waals surface area contributed by atoms with Crippen molar-refractivity contribution in [3.8, 4) is 0 Å². The second-order valence-electron chi connectivity index (χ2n) is 3.74. The Kier molecular flexibility index (Phi) is 8.65. The van der Waals surface area contributed by atoms with Crippen LogP contribution >= 0.6 is 0 Å². The molecule has 0 aliphatic rings. The van der Waals surface area contributed by atoms with Gasteiger partial charge in [-0.3, -0.25) is 0 Å². The minimum atomic E-state index is 0.186. The van der Waals surface area contributed by atoms with E-state index in [1.165, 1.54) is 17.6 Å². The van der Waals surface area contributed by atoms with Gasteiger partial charge in [0.2, 0.25) is 0 Å². The van der Waals surface area contributed by atoms with Crippen LogP contribution in [0.1, 0.15) is 52.9 Å². The van der Waals surface area contributed by atoms with Gasteiger partial charge >= 0.3 is 0 Å². The molecule has 0 saturated heterocycles. The molecule has 0 bridgehead atoms. The molecule has 0 saturated carbocycles. The molecule has 0 aromatic heterocycles. The van der Waals surface area contributed by atoms with Gasteiger partial charge in [-0.15, -0.1) is 0 Å². The molecular formula is C13H24O. The molecule has 0 unspecified atom stereocenters. The molecule has 0 radical (unpaired) electrons. The van der Waals surface area contributed by atoms with Crippen LogP contribution in [-0.4, -0.2) is 11.7 Å². The quantitative estimate of drug-likeness (QED) is 0.613. The summed E-state index contributed by atoms with van der Waals surface area (Å²) >= 11 is 0. The fourth-order valence-electron chi connectivity index (χ4n) is 1.43. The Morgan fingerprint density at radius 1 is 1.14 bits per heavy atom. The van der Waals surface area contributed by atoms with Gasteiger partial charge in [0.15, 0.2) is 0 Å². The van der Waals surface area contributed by atoms with Crippen LogP contribution in [0.25, 0.3) is 0 Å². The van der Waals surface area contributed by atoms with Gasteiger partial charge in [-0.2, -0.15) is 0 Å². The SMILES string of the molecule is CCC/C(=C\CO)CC/C=C(\C)CC. The van der Waals surface area contributed by atoms with E-state index in [4.69, 9.17) is 5.11 Å². The van der Waals surface area contributed by atoms with E-state index in [2.05, 4.69) is 26.8 Å². The van der Waals surface area contributed by atoms with Crippen molar-refractivity contribution in [2.45, 2.75) is 52.9 Å². The van der Waals surface area contributed by atoms with Gasteiger partial charge in [-0.25, -0.2) is 0 Å². The fraction of sp³-hybridized carbons (Fsp3) is 0.692. The van der Waals surface area contributed by atoms with E-state index >= 15 is 0 Å². The van der Waals surface area contributed by atoms with Gasteiger partial charge in [-0.1, -0.05) is 43.6 Å². The van der Waals surface area contributed by atoms with Crippen molar-refractivity contribution >= 4 is 0 Å². The summed E-state index contributed by atoms with van der Waals surface area (Å²) in [6.45, 7) is 6.72. The highest BCUT2D eigenvalue weighted by atomic mass is 16.2. The van der Waals surface area contributed by atoms with Crippen molar-refractivity contribution in [3.05, 3.63) is 23.3 Å². The Morgan fingerprint density at radius 3 is 2.36 bits per heavy atom. The van der Waals surface area contributed by atoms with E-state index in [1.807, 2.05) is 6.08 Å². The van der Waals surface area contributed by atoms with Crippen molar-refractivity contribution in [2.75, 3.05) is 6.61 Å². The van der Waals surface area contributed by atoms with Crippen LogP contribution in [0.4, 0.5) is 0 Å². The first-order valence-corrected chi connectivity index (χ1v) is 5.68. The molecule has 1 N–H and O–H groups in total. The molecule has 0 aliphatic heterocycles. The topological polar surface area (TPSA) is 20.2 Å². The minimum absolute atomic E-state index is 0.186. The molecule has 0 spiro atoms. The first-order valence-electron chi connectivity index (χ1n) is 5.68. The summed E-state index contributed by atoms with van der Waals surface area (Å²) in [5, 5.41) is 8.83. The Labute approximate surface area is 88.5 Å². The average molecular weight is 196 g/mol. The third-order valence-corrected chi connectivity index (χ3v) is 2.47. The van der Waals surface area contributed by atoms with Crippen LogP contribution < -0.4 is 0 Å². The number of rotatable bonds is 7. The molecule has 0 rings (SSSR count). The summed E-state index contributed by atoms with van der Waals surface area (Å²) in [5.74, 6) is 0. The molecule has 1 nitrogen and oxygen atoms in total. The number of allylic oxidation sites excluding steroid dienone is 3. The molecule has 0 heterocycles. The van der Waals surface area contributed by atoms with Gasteiger partial charge in [0.1, 0.15) is 0 Å². The van der Waals surface area contributed by atoms with Crippen LogP contribution in [-0.2, 0) is 0 Å². The summed E-state index contributed by atoms with van der Waals surface area (Å²) in [6.07, 6.45) is 9.92. The summed E-state index contributed by atoms with van der Waals surface area (Å²) in [5.41, 5.74) is 2.86. The second-order valence-corrected chi connectivity index (χ2v) is 3.74. The molecule has 1 heteroatoms. The lowest BCUT2D eigenvalue weighted by Crippen LogP contribution is -1.86. The number of hydrogen-bond donors (Lipinski definition) is 1. The lowest BCUT2D eigenvalue weighted by atomic mass is 10.0. The largest absolute Gasteiger partial charge is 0.392 e. The first-order chi connectivity index (χ1) is 6.74. The van der Waals surface area contributed by atoms with Crippen molar-refractivity contribution in [1.82, 2.24) is 0 Å². The second kappa shape index (κ2) is 9.01. The third kappa shape index (κ3) is 6.90. The molecular weight excluding hydrogens is 172 g/mol. The lowest BCUT2D eigenvalue weighted by Gasteiger charge is -2.04. The highest BCUT2D eigenvalue weighted by Crippen LogP contribution is 2.13. The average Bonchev–Trinajstić information content (AvgIpc) is 2.18. The molecule has 0 fully saturated rings. The van der Waals surface area contributed by atoms with Crippen molar-refractivity contribution < 1.29 is 5.11 Å². The minimum Gasteiger partial charge on any atom is -0.392 e. The number of aliphatic hydroxyl groups is 1. The monoisotopic (exact) mass is 196 g/mol. The summed E-state index contributed by atoms with van der Waals surface area (Å²) in [7, 11) is 0. The molecule has 0 atom stereocenters. The van der Waals surface area contributed by atoms with Crippen LogP contribution in [0.15, 0.2) is 23.3 Å². The van der Waals surface area contributed by atoms with E-state index in [-0.39, 0.29) is 6.61 Å². The standard InChI is InChI=1S/C13H24O/c1-4-7-13(10-11-14)9-6-8-12(3)5-2/h8,10,14H,4-7,9,11H2,1-3H3/b12-8+,13-10+. The maximum Gasteiger partial charge on any atom is 0.0615 e. The molecule has 14 heavy (non-hydrogen) atoms. The van der Waals surface area contributed by atoms with Gasteiger partial charge in [-0.05, 0) is 32.6 Å². The normalized spacial score (nSPS) is 13.4. The highest BCUT2D eigenvalue weighted by Gasteiger charge is 1.94. The third-order valence-electron chi connectivity index (χ3n) is 2.47. The maximum absolute atomic E-state index is 8.83. The van der Waals surface area contributed by atoms with E-state index in [0.29, 0.717) is 0 Å². The predicted octanol–water partition coefficient (Wildman–Crippen LogP) is 3.84. The zero-order valence-electron chi connectivity index (χ0n) is 9.84. The van der Waals surface area contributed by atoms with Crippen LogP contribution in [0.5, 0.6) is 0 Å². The molecule has 82 valence electrons. The van der Waals surface area contributed by atoms with E-state index in [0.717, 1.165) is 25.7 Å². The van der Waals surface area contributed by atoms with Crippen LogP contribution in [0.2, 0.25) is 0 Å². The van der Waals surface area contributed by atoms with Crippen molar-refractivity contribution in [2.24, 2.45) is 0 Å². The van der Waals surface area contributed by atoms with E-state index < -0.39 is 0 Å². The van der Waals surface area contributed by atoms with Gasteiger partial charge in [0, 0.05) is 0 Å². The van der Waals surface area contributed by atoms with Gasteiger partial charge < -0.3 is 5.11 Å². The van der Waals surface area contributed by atoms with E-state index in [9.17, 15) is 0 Å². The van der Waals surface area contributed by atoms with Crippen molar-refractivity contribution in [1.29, 1.82) is 0 Å². The molecule has 0 amide bonds. The number of hydrogen-bond acceptors (Lipinski definition) is 1. The summed E-state index contributed by atoms with van der Waals surface area (Å²) in [4.78, 5) is 0. The van der Waals surface area contributed by atoms with Crippen molar-refractivity contribution in [3.63, 3.8) is 0 Å². The summed E-state index contributed by atoms with van der Waals surface area (Å²) in [6, 6.07) is 0. The molecule has 0 aliphatic carbocycles. The zero-order valence-corrected chi connectivity index (χ0v) is 9.84. The van der Waals surface area contributed by atoms with Gasteiger partial charge in [0.25, 0.3) is 0 Å². The predicted molar refractivity (Wildman–Crippen MR) is 63.4 cm³/mol. The first kappa shape index (κ1) is 13.4. The lowest BCUT2D eigenvalue weighted by molar-refractivity contribution is 0.341. The van der Waals surface area contributed by atoms with Crippen LogP contribution in [0.3, 0.4) is 0 Å². The van der Waals surface area contributed by atoms with Gasteiger partial charge in [0.05, 0.1) is 6.61 Å². The Morgan fingerprint density at radius 2 is 1.86 bits per heavy atom. The maximum atomic E-state index is 8.83.